The summed E-state index contributed by atoms with van der Waals surface area (Å²) in [5, 5.41) is 20.6. The number of carbonyl (C=O) groups excluding carboxylic acids is 3. The Morgan fingerprint density at radius 3 is 2.49 bits per heavy atom. The Morgan fingerprint density at radius 2 is 1.80 bits per heavy atom. The number of urea groups is 1. The maximum Gasteiger partial charge on any atom is 0.326 e. The average molecular weight is 632 g/mol. The molecule has 3 aliphatic heterocycles. The molecule has 4 amide bonds. The molecule has 0 saturated carbocycles. The van der Waals surface area contributed by atoms with Gasteiger partial charge < -0.3 is 34.4 Å². The molecule has 0 bridgehead atoms. The number of benzene rings is 1. The Bertz CT molecular complexity index is 1230. The smallest absolute Gasteiger partial charge is 0.326 e. The molecule has 2 fully saturated rings. The number of hydrogen-bond donors (Lipinski definition) is 2. The Kier molecular flexibility index (Phi) is 12.0. The van der Waals surface area contributed by atoms with E-state index in [4.69, 9.17) is 9.47 Å². The zero-order chi connectivity index (χ0) is 32.7. The molecule has 3 atom stereocenters. The van der Waals surface area contributed by atoms with Gasteiger partial charge in [-0.3, -0.25) is 24.2 Å². The molecule has 3 heterocycles. The van der Waals surface area contributed by atoms with Crippen molar-refractivity contribution < 1.29 is 38.9 Å². The van der Waals surface area contributed by atoms with Crippen LogP contribution in [0, 0.1) is 5.92 Å². The third-order valence-corrected chi connectivity index (χ3v) is 9.18. The van der Waals surface area contributed by atoms with Gasteiger partial charge in [-0.2, -0.15) is 0 Å². The van der Waals surface area contributed by atoms with Gasteiger partial charge in [0.05, 0.1) is 19.1 Å². The Morgan fingerprint density at radius 1 is 1.07 bits per heavy atom. The molecular weight excluding hydrogens is 582 g/mol. The lowest BCUT2D eigenvalue weighted by Crippen LogP contribution is -2.52. The van der Waals surface area contributed by atoms with Gasteiger partial charge in [-0.1, -0.05) is 13.3 Å². The van der Waals surface area contributed by atoms with Crippen molar-refractivity contribution in [3.63, 3.8) is 0 Å². The van der Waals surface area contributed by atoms with Gasteiger partial charge in [0.1, 0.15) is 0 Å². The summed E-state index contributed by atoms with van der Waals surface area (Å²) in [6, 6.07) is 2.60. The van der Waals surface area contributed by atoms with Gasteiger partial charge in [0.2, 0.25) is 18.6 Å². The van der Waals surface area contributed by atoms with E-state index in [0.717, 1.165) is 37.1 Å². The summed E-state index contributed by atoms with van der Waals surface area (Å²) in [7, 11) is 5.51. The van der Waals surface area contributed by atoms with Gasteiger partial charge >= 0.3 is 12.0 Å². The molecule has 45 heavy (non-hydrogen) atoms. The van der Waals surface area contributed by atoms with Crippen molar-refractivity contribution in [1.82, 2.24) is 24.5 Å². The van der Waals surface area contributed by atoms with Crippen LogP contribution in [-0.2, 0) is 21.0 Å². The van der Waals surface area contributed by atoms with Crippen LogP contribution in [0.3, 0.4) is 0 Å². The summed E-state index contributed by atoms with van der Waals surface area (Å²) in [6.07, 6.45) is 4.21. The lowest BCUT2D eigenvalue weighted by atomic mass is 9.83. The first kappa shape index (κ1) is 34.5. The van der Waals surface area contributed by atoms with Gasteiger partial charge in [-0.05, 0) is 64.0 Å². The molecule has 2 N–H and O–H groups in total. The quantitative estimate of drug-likeness (QED) is 0.260. The molecule has 3 aliphatic rings. The van der Waals surface area contributed by atoms with E-state index < -0.39 is 29.9 Å². The van der Waals surface area contributed by atoms with Crippen LogP contribution >= 0.6 is 0 Å². The number of rotatable bonds is 16. The van der Waals surface area contributed by atoms with Gasteiger partial charge in [0, 0.05) is 63.7 Å². The SMILES string of the molecule is CCCCN(CCCCN(C)C)C(=O)CN1C[C@H](c2cc(CO)c3c(c2)OCO3)[C@@H](C(=O)O)[C@@H]1CCN1CCC(=O)N(C)C1=O. The molecule has 1 aromatic carbocycles. The van der Waals surface area contributed by atoms with Crippen LogP contribution in [0.5, 0.6) is 11.5 Å². The number of ether oxygens (including phenoxy) is 2. The first-order valence-corrected chi connectivity index (χ1v) is 16.0. The Labute approximate surface area is 265 Å². The van der Waals surface area contributed by atoms with Crippen LogP contribution in [0.15, 0.2) is 12.1 Å². The highest BCUT2D eigenvalue weighted by Gasteiger charge is 2.48. The second-order valence-corrected chi connectivity index (χ2v) is 12.5. The van der Waals surface area contributed by atoms with E-state index in [1.165, 1.54) is 7.05 Å². The van der Waals surface area contributed by atoms with E-state index in [0.29, 0.717) is 48.7 Å². The van der Waals surface area contributed by atoms with Gasteiger partial charge in [-0.25, -0.2) is 4.79 Å². The van der Waals surface area contributed by atoms with E-state index in [1.54, 1.807) is 17.0 Å². The molecule has 0 radical (unpaired) electrons. The number of aliphatic carboxylic acids is 1. The molecule has 0 unspecified atom stereocenters. The molecule has 1 aromatic rings. The largest absolute Gasteiger partial charge is 0.481 e. The van der Waals surface area contributed by atoms with Crippen molar-refractivity contribution in [2.24, 2.45) is 5.92 Å². The number of likely N-dealkylation sites (tertiary alicyclic amines) is 1. The minimum absolute atomic E-state index is 0.0189. The second-order valence-electron chi connectivity index (χ2n) is 12.5. The number of aliphatic hydroxyl groups excluding tert-OH is 1. The summed E-state index contributed by atoms with van der Waals surface area (Å²) in [6.45, 7) is 4.94. The number of amides is 4. The van der Waals surface area contributed by atoms with Gasteiger partial charge in [-0.15, -0.1) is 0 Å². The van der Waals surface area contributed by atoms with Crippen molar-refractivity contribution in [1.29, 1.82) is 0 Å². The van der Waals surface area contributed by atoms with E-state index in [-0.39, 0.29) is 51.3 Å². The van der Waals surface area contributed by atoms with Crippen molar-refractivity contribution in [3.05, 3.63) is 23.3 Å². The second kappa shape index (κ2) is 15.7. The fraction of sp³-hybridized carbons (Fsp3) is 0.688. The third kappa shape index (κ3) is 8.25. The molecule has 0 aliphatic carbocycles. The molecule has 0 aromatic heterocycles. The lowest BCUT2D eigenvalue weighted by Gasteiger charge is -2.34. The number of imide groups is 1. The molecule has 13 nitrogen and oxygen atoms in total. The first-order valence-electron chi connectivity index (χ1n) is 16.0. The minimum Gasteiger partial charge on any atom is -0.481 e. The predicted octanol–water partition coefficient (Wildman–Crippen LogP) is 2.02. The molecule has 4 rings (SSSR count). The molecule has 0 spiro atoms. The van der Waals surface area contributed by atoms with Crippen LogP contribution in [0.4, 0.5) is 4.79 Å². The summed E-state index contributed by atoms with van der Waals surface area (Å²) in [5.74, 6) is -1.73. The number of carbonyl (C=O) groups is 4. The third-order valence-electron chi connectivity index (χ3n) is 9.18. The van der Waals surface area contributed by atoms with Gasteiger partial charge in [0.15, 0.2) is 11.5 Å². The topological polar surface area (TPSA) is 143 Å². The fourth-order valence-electron chi connectivity index (χ4n) is 6.65. The van der Waals surface area contributed by atoms with Crippen LogP contribution in [0.1, 0.15) is 62.5 Å². The number of fused-ring (bicyclic) bond motifs is 1. The molecule has 250 valence electrons. The normalized spacial score (nSPS) is 21.7. The summed E-state index contributed by atoms with van der Waals surface area (Å²) in [5.41, 5.74) is 1.21. The summed E-state index contributed by atoms with van der Waals surface area (Å²) < 4.78 is 11.1. The predicted molar refractivity (Wildman–Crippen MR) is 166 cm³/mol. The molecular formula is C32H49N5O8. The van der Waals surface area contributed by atoms with E-state index in [1.807, 2.05) is 23.9 Å². The van der Waals surface area contributed by atoms with E-state index >= 15 is 0 Å². The summed E-state index contributed by atoms with van der Waals surface area (Å²) >= 11 is 0. The van der Waals surface area contributed by atoms with E-state index in [9.17, 15) is 29.4 Å². The Hall–Kier alpha value is -3.42. The number of carboxylic acids is 1. The zero-order valence-electron chi connectivity index (χ0n) is 27.1. The van der Waals surface area contributed by atoms with Crippen LogP contribution < -0.4 is 9.47 Å². The van der Waals surface area contributed by atoms with Crippen molar-refractivity contribution in [2.75, 3.05) is 73.7 Å². The highest BCUT2D eigenvalue weighted by molar-refractivity contribution is 5.96. The summed E-state index contributed by atoms with van der Waals surface area (Å²) in [4.78, 5) is 60.3. The van der Waals surface area contributed by atoms with Crippen molar-refractivity contribution in [2.45, 2.75) is 64.0 Å². The van der Waals surface area contributed by atoms with Gasteiger partial charge in [0.25, 0.3) is 0 Å². The van der Waals surface area contributed by atoms with Crippen LogP contribution in [0.2, 0.25) is 0 Å². The van der Waals surface area contributed by atoms with Crippen molar-refractivity contribution in [3.8, 4) is 11.5 Å². The lowest BCUT2D eigenvalue weighted by molar-refractivity contribution is -0.144. The zero-order valence-corrected chi connectivity index (χ0v) is 27.1. The fourth-order valence-corrected chi connectivity index (χ4v) is 6.65. The van der Waals surface area contributed by atoms with Crippen LogP contribution in [0.25, 0.3) is 0 Å². The van der Waals surface area contributed by atoms with Crippen LogP contribution in [-0.4, -0.2) is 138 Å². The minimum atomic E-state index is -0.994. The van der Waals surface area contributed by atoms with E-state index in [2.05, 4.69) is 11.8 Å². The standard InChI is InChI=1S/C32H49N5O8/c1-5-6-12-35(13-8-7-11-33(2)3)28(40)19-37-18-24(22-16-23(20-38)30-26(17-22)44-21-45-30)29(31(41)42)25(37)9-14-36-15-10-27(39)34(4)32(36)43/h16-17,24-25,29,38H,5-15,18-21H2,1-4H3,(H,41,42)/t24-,25+,29-/m1/s1. The Balaban J connectivity index is 1.60. The number of aliphatic hydroxyl groups is 1. The monoisotopic (exact) mass is 631 g/mol. The number of carboxylic acid groups (broad SMARTS) is 1. The van der Waals surface area contributed by atoms with Crippen molar-refractivity contribution >= 4 is 23.8 Å². The number of unbranched alkanes of at least 4 members (excludes halogenated alkanes) is 2. The molecule has 13 heteroatoms. The maximum absolute atomic E-state index is 13.8. The number of hydrogen-bond acceptors (Lipinski definition) is 9. The average Bonchev–Trinajstić information content (AvgIpc) is 3.63. The number of nitrogens with zero attached hydrogens (tertiary/aromatic N) is 5. The highest BCUT2D eigenvalue weighted by Crippen LogP contribution is 2.44. The maximum atomic E-state index is 13.8. The highest BCUT2D eigenvalue weighted by atomic mass is 16.7. The first-order chi connectivity index (χ1) is 21.5. The molecule has 2 saturated heterocycles.